The fraction of sp³-hybridized carbons (Fsp3) is 0. The van der Waals surface area contributed by atoms with Crippen LogP contribution in [0.25, 0.3) is 20.2 Å². The minimum atomic E-state index is -0.0119. The molecule has 0 saturated heterocycles. The zero-order chi connectivity index (χ0) is 11.8. The Balaban J connectivity index is 2.47. The number of ketones is 1. The Morgan fingerprint density at radius 3 is 2.65 bits per heavy atom. The summed E-state index contributed by atoms with van der Waals surface area (Å²) in [5.74, 6) is -0.0119. The minimum absolute atomic E-state index is 0.0119. The molecule has 0 amide bonds. The summed E-state index contributed by atoms with van der Waals surface area (Å²) in [7, 11) is 0. The maximum absolute atomic E-state index is 11.8. The number of fused-ring (bicyclic) bond motifs is 3. The third-order valence-electron chi connectivity index (χ3n) is 2.86. The maximum Gasteiger partial charge on any atom is 0.186 e. The summed E-state index contributed by atoms with van der Waals surface area (Å²) in [5, 5.41) is 2.37. The Bertz CT molecular complexity index is 737. The molecule has 0 aliphatic carbocycles. The van der Waals surface area contributed by atoms with Gasteiger partial charge < -0.3 is 0 Å². The van der Waals surface area contributed by atoms with Gasteiger partial charge >= 0.3 is 0 Å². The number of allylic oxidation sites excluding steroid dienone is 1. The molecular formula is C15H10OS. The molecule has 2 aromatic carbocycles. The third-order valence-corrected chi connectivity index (χ3v) is 4.07. The van der Waals surface area contributed by atoms with Crippen molar-refractivity contribution in [3.8, 4) is 0 Å². The first-order valence-corrected chi connectivity index (χ1v) is 6.20. The number of thiophene rings is 1. The normalized spacial score (nSPS) is 10.8. The second-order valence-corrected chi connectivity index (χ2v) is 4.90. The second kappa shape index (κ2) is 3.82. The summed E-state index contributed by atoms with van der Waals surface area (Å²) in [6, 6.07) is 14.1. The number of hydrogen-bond donors (Lipinski definition) is 0. The van der Waals surface area contributed by atoms with Crippen molar-refractivity contribution in [3.63, 3.8) is 0 Å². The van der Waals surface area contributed by atoms with E-state index in [-0.39, 0.29) is 5.78 Å². The summed E-state index contributed by atoms with van der Waals surface area (Å²) in [5.41, 5.74) is 0.749. The van der Waals surface area contributed by atoms with Gasteiger partial charge in [-0.1, -0.05) is 36.9 Å². The van der Waals surface area contributed by atoms with Crippen LogP contribution in [0.4, 0.5) is 0 Å². The van der Waals surface area contributed by atoms with E-state index in [9.17, 15) is 4.79 Å². The van der Waals surface area contributed by atoms with Crippen LogP contribution in [-0.2, 0) is 0 Å². The number of rotatable bonds is 2. The van der Waals surface area contributed by atoms with E-state index in [4.69, 9.17) is 0 Å². The van der Waals surface area contributed by atoms with Crippen LogP contribution in [-0.4, -0.2) is 5.78 Å². The average Bonchev–Trinajstić information content (AvgIpc) is 2.76. The Hall–Kier alpha value is -1.93. The molecule has 0 fully saturated rings. The molecule has 0 atom stereocenters. The summed E-state index contributed by atoms with van der Waals surface area (Å²) in [4.78, 5) is 11.8. The van der Waals surface area contributed by atoms with Crippen LogP contribution in [0.2, 0.25) is 0 Å². The van der Waals surface area contributed by atoms with E-state index in [2.05, 4.69) is 24.8 Å². The van der Waals surface area contributed by atoms with Gasteiger partial charge in [0.25, 0.3) is 0 Å². The topological polar surface area (TPSA) is 17.1 Å². The van der Waals surface area contributed by atoms with E-state index in [0.717, 1.165) is 15.6 Å². The highest BCUT2D eigenvalue weighted by Crippen LogP contribution is 2.35. The molecule has 0 spiro atoms. The largest absolute Gasteiger partial charge is 0.289 e. The molecule has 1 nitrogen and oxygen atoms in total. The molecule has 0 bridgehead atoms. The predicted molar refractivity (Wildman–Crippen MR) is 73.9 cm³/mol. The molecule has 0 aliphatic heterocycles. The van der Waals surface area contributed by atoms with E-state index in [1.807, 2.05) is 24.3 Å². The SMILES string of the molecule is C=CC(=O)c1cccc2c1sc1ccccc12. The molecule has 3 rings (SSSR count). The molecular weight excluding hydrogens is 228 g/mol. The standard InChI is InChI=1S/C15H10OS/c1-2-13(16)12-8-5-7-11-10-6-3-4-9-14(10)17-15(11)12/h2-9H,1H2. The van der Waals surface area contributed by atoms with Crippen LogP contribution in [0, 0.1) is 0 Å². The zero-order valence-corrected chi connectivity index (χ0v) is 9.96. The van der Waals surface area contributed by atoms with Crippen LogP contribution in [0.5, 0.6) is 0 Å². The van der Waals surface area contributed by atoms with E-state index < -0.39 is 0 Å². The van der Waals surface area contributed by atoms with Crippen molar-refractivity contribution in [1.82, 2.24) is 0 Å². The lowest BCUT2D eigenvalue weighted by Gasteiger charge is -1.97. The molecule has 0 radical (unpaired) electrons. The Morgan fingerprint density at radius 2 is 1.82 bits per heavy atom. The zero-order valence-electron chi connectivity index (χ0n) is 9.14. The minimum Gasteiger partial charge on any atom is -0.289 e. The molecule has 2 heteroatoms. The van der Waals surface area contributed by atoms with Gasteiger partial charge in [-0.25, -0.2) is 0 Å². The van der Waals surface area contributed by atoms with Crippen LogP contribution >= 0.6 is 11.3 Å². The van der Waals surface area contributed by atoms with Gasteiger partial charge in [0.2, 0.25) is 0 Å². The number of carbonyl (C=O) groups is 1. The maximum atomic E-state index is 11.8. The van der Waals surface area contributed by atoms with Crippen molar-refractivity contribution in [2.75, 3.05) is 0 Å². The molecule has 0 N–H and O–H groups in total. The van der Waals surface area contributed by atoms with Gasteiger partial charge in [0, 0.05) is 25.7 Å². The van der Waals surface area contributed by atoms with E-state index in [0.29, 0.717) is 0 Å². The average molecular weight is 238 g/mol. The lowest BCUT2D eigenvalue weighted by Crippen LogP contribution is -1.92. The van der Waals surface area contributed by atoms with Crippen LogP contribution < -0.4 is 0 Å². The summed E-state index contributed by atoms with van der Waals surface area (Å²) in [6.07, 6.45) is 1.37. The van der Waals surface area contributed by atoms with Gasteiger partial charge in [0.1, 0.15) is 0 Å². The van der Waals surface area contributed by atoms with Crippen molar-refractivity contribution in [1.29, 1.82) is 0 Å². The summed E-state index contributed by atoms with van der Waals surface area (Å²) in [6.45, 7) is 3.55. The number of benzene rings is 2. The highest BCUT2D eigenvalue weighted by molar-refractivity contribution is 7.26. The van der Waals surface area contributed by atoms with Gasteiger partial charge in [0.05, 0.1) is 0 Å². The van der Waals surface area contributed by atoms with Crippen molar-refractivity contribution in [2.24, 2.45) is 0 Å². The molecule has 0 unspecified atom stereocenters. The Kier molecular flexibility index (Phi) is 2.30. The third kappa shape index (κ3) is 1.49. The lowest BCUT2D eigenvalue weighted by atomic mass is 10.1. The van der Waals surface area contributed by atoms with E-state index in [1.54, 1.807) is 11.3 Å². The highest BCUT2D eigenvalue weighted by Gasteiger charge is 2.11. The van der Waals surface area contributed by atoms with Crippen molar-refractivity contribution in [3.05, 3.63) is 60.7 Å². The van der Waals surface area contributed by atoms with Gasteiger partial charge in [0.15, 0.2) is 5.78 Å². The first-order valence-electron chi connectivity index (χ1n) is 5.38. The van der Waals surface area contributed by atoms with Crippen LogP contribution in [0.1, 0.15) is 10.4 Å². The quantitative estimate of drug-likeness (QED) is 0.477. The van der Waals surface area contributed by atoms with Gasteiger partial charge in [-0.15, -0.1) is 11.3 Å². The Labute approximate surface area is 103 Å². The molecule has 0 saturated carbocycles. The molecule has 17 heavy (non-hydrogen) atoms. The molecule has 0 aliphatic rings. The molecule has 82 valence electrons. The van der Waals surface area contributed by atoms with Gasteiger partial charge in [-0.05, 0) is 18.2 Å². The van der Waals surface area contributed by atoms with E-state index in [1.165, 1.54) is 16.2 Å². The fourth-order valence-corrected chi connectivity index (χ4v) is 3.27. The molecule has 1 aromatic heterocycles. The van der Waals surface area contributed by atoms with Crippen LogP contribution in [0.15, 0.2) is 55.1 Å². The van der Waals surface area contributed by atoms with Crippen molar-refractivity contribution in [2.45, 2.75) is 0 Å². The van der Waals surface area contributed by atoms with Gasteiger partial charge in [-0.2, -0.15) is 0 Å². The Morgan fingerprint density at radius 1 is 1.06 bits per heavy atom. The first kappa shape index (κ1) is 10.2. The second-order valence-electron chi connectivity index (χ2n) is 3.85. The van der Waals surface area contributed by atoms with Crippen molar-refractivity contribution >= 4 is 37.3 Å². The highest BCUT2D eigenvalue weighted by atomic mass is 32.1. The lowest BCUT2D eigenvalue weighted by molar-refractivity contribution is 0.104. The van der Waals surface area contributed by atoms with Gasteiger partial charge in [-0.3, -0.25) is 4.79 Å². The monoisotopic (exact) mass is 238 g/mol. The number of hydrogen-bond acceptors (Lipinski definition) is 2. The predicted octanol–water partition coefficient (Wildman–Crippen LogP) is 4.42. The first-order chi connectivity index (χ1) is 8.31. The smallest absolute Gasteiger partial charge is 0.186 e. The van der Waals surface area contributed by atoms with E-state index >= 15 is 0 Å². The van der Waals surface area contributed by atoms with Crippen LogP contribution in [0.3, 0.4) is 0 Å². The number of carbonyl (C=O) groups excluding carboxylic acids is 1. The summed E-state index contributed by atoms with van der Waals surface area (Å²) < 4.78 is 2.27. The summed E-state index contributed by atoms with van der Waals surface area (Å²) >= 11 is 1.66. The fourth-order valence-electron chi connectivity index (χ4n) is 2.05. The molecule has 3 aromatic rings. The van der Waals surface area contributed by atoms with Crippen molar-refractivity contribution < 1.29 is 4.79 Å². The molecule has 1 heterocycles.